The molecule has 0 radical (unpaired) electrons. The Hall–Kier alpha value is -0.650. The van der Waals surface area contributed by atoms with Gasteiger partial charge in [0.2, 0.25) is 5.91 Å². The average Bonchev–Trinajstić information content (AvgIpc) is 2.11. The molecule has 0 fully saturated rings. The van der Waals surface area contributed by atoms with Gasteiger partial charge in [0.1, 0.15) is 5.60 Å². The van der Waals surface area contributed by atoms with Gasteiger partial charge >= 0.3 is 0 Å². The zero-order chi connectivity index (χ0) is 11.2. The maximum atomic E-state index is 11.2. The van der Waals surface area contributed by atoms with Crippen LogP contribution in [0.1, 0.15) is 13.3 Å². The van der Waals surface area contributed by atoms with E-state index >= 15 is 0 Å². The summed E-state index contributed by atoms with van der Waals surface area (Å²) in [5.41, 5.74) is -1.23. The second-order valence-corrected chi connectivity index (χ2v) is 3.99. The first-order valence-electron chi connectivity index (χ1n) is 4.62. The summed E-state index contributed by atoms with van der Waals surface area (Å²) in [6, 6.07) is 0. The molecule has 14 heavy (non-hydrogen) atoms. The van der Waals surface area contributed by atoms with E-state index < -0.39 is 5.60 Å². The molecule has 0 bridgehead atoms. The van der Waals surface area contributed by atoms with E-state index in [1.807, 2.05) is 19.0 Å². The van der Waals surface area contributed by atoms with Gasteiger partial charge in [-0.15, -0.1) is 0 Å². The Morgan fingerprint density at radius 2 is 2.07 bits per heavy atom. The summed E-state index contributed by atoms with van der Waals surface area (Å²) in [5, 5.41) is 20.6. The Balaban J connectivity index is 3.64. The zero-order valence-corrected chi connectivity index (χ0v) is 9.08. The number of carbonyl (C=O) groups excluding carboxylic acids is 1. The molecule has 84 valence electrons. The van der Waals surface area contributed by atoms with E-state index in [4.69, 9.17) is 5.11 Å². The van der Waals surface area contributed by atoms with E-state index in [0.717, 1.165) is 0 Å². The highest BCUT2D eigenvalue weighted by atomic mass is 16.3. The number of aliphatic hydroxyl groups excluding tert-OH is 1. The maximum Gasteiger partial charge on any atom is 0.221 e. The fraction of sp³-hybridized carbons (Fsp3) is 0.889. The van der Waals surface area contributed by atoms with Crippen LogP contribution in [0.4, 0.5) is 0 Å². The highest BCUT2D eigenvalue weighted by Crippen LogP contribution is 1.98. The molecule has 0 aromatic rings. The summed E-state index contributed by atoms with van der Waals surface area (Å²) < 4.78 is 0. The number of amides is 1. The highest BCUT2D eigenvalue weighted by molar-refractivity contribution is 5.76. The molecule has 0 aliphatic rings. The first-order chi connectivity index (χ1) is 6.37. The van der Waals surface area contributed by atoms with Gasteiger partial charge in [-0.3, -0.25) is 4.79 Å². The lowest BCUT2D eigenvalue weighted by atomic mass is 10.1. The SMILES string of the molecule is CN(C)CCC(=O)NCC(C)(O)CO. The van der Waals surface area contributed by atoms with Crippen molar-refractivity contribution in [3.05, 3.63) is 0 Å². The number of nitrogens with one attached hydrogen (secondary N) is 1. The third-order valence-electron chi connectivity index (χ3n) is 1.79. The van der Waals surface area contributed by atoms with Gasteiger partial charge in [-0.05, 0) is 21.0 Å². The van der Waals surface area contributed by atoms with Gasteiger partial charge in [0.25, 0.3) is 0 Å². The smallest absolute Gasteiger partial charge is 0.221 e. The molecule has 5 nitrogen and oxygen atoms in total. The number of rotatable bonds is 6. The molecule has 0 aliphatic carbocycles. The zero-order valence-electron chi connectivity index (χ0n) is 9.08. The van der Waals surface area contributed by atoms with E-state index in [2.05, 4.69) is 5.32 Å². The van der Waals surface area contributed by atoms with Crippen LogP contribution in [0.5, 0.6) is 0 Å². The molecule has 0 aliphatic heterocycles. The normalized spacial score (nSPS) is 15.3. The molecule has 3 N–H and O–H groups in total. The monoisotopic (exact) mass is 204 g/mol. The summed E-state index contributed by atoms with van der Waals surface area (Å²) in [6.07, 6.45) is 0.397. The van der Waals surface area contributed by atoms with Gasteiger partial charge in [-0.25, -0.2) is 0 Å². The Labute approximate surface area is 84.7 Å². The van der Waals surface area contributed by atoms with E-state index in [9.17, 15) is 9.90 Å². The predicted octanol–water partition coefficient (Wildman–Crippen LogP) is -1.20. The molecule has 0 aromatic heterocycles. The minimum Gasteiger partial charge on any atom is -0.393 e. The summed E-state index contributed by atoms with van der Waals surface area (Å²) >= 11 is 0. The average molecular weight is 204 g/mol. The molecule has 0 heterocycles. The summed E-state index contributed by atoms with van der Waals surface area (Å²) in [6.45, 7) is 1.86. The van der Waals surface area contributed by atoms with Crippen molar-refractivity contribution in [2.24, 2.45) is 0 Å². The Kier molecular flexibility index (Phi) is 5.68. The van der Waals surface area contributed by atoms with E-state index in [-0.39, 0.29) is 19.1 Å². The van der Waals surface area contributed by atoms with Crippen molar-refractivity contribution in [2.45, 2.75) is 18.9 Å². The van der Waals surface area contributed by atoms with Gasteiger partial charge in [0.05, 0.1) is 6.61 Å². The summed E-state index contributed by atoms with van der Waals surface area (Å²) in [5.74, 6) is -0.118. The Morgan fingerprint density at radius 3 is 2.50 bits per heavy atom. The lowest BCUT2D eigenvalue weighted by Crippen LogP contribution is -2.43. The number of carbonyl (C=O) groups is 1. The van der Waals surface area contributed by atoms with Crippen LogP contribution >= 0.6 is 0 Å². The Morgan fingerprint density at radius 1 is 1.50 bits per heavy atom. The van der Waals surface area contributed by atoms with Crippen LogP contribution in [-0.2, 0) is 4.79 Å². The van der Waals surface area contributed by atoms with Crippen molar-refractivity contribution in [2.75, 3.05) is 33.8 Å². The minimum atomic E-state index is -1.23. The van der Waals surface area contributed by atoms with Crippen LogP contribution in [0.15, 0.2) is 0 Å². The van der Waals surface area contributed by atoms with Crippen molar-refractivity contribution in [1.82, 2.24) is 10.2 Å². The quantitative estimate of drug-likeness (QED) is 0.508. The van der Waals surface area contributed by atoms with Gasteiger partial charge in [-0.2, -0.15) is 0 Å². The van der Waals surface area contributed by atoms with Crippen LogP contribution in [0.2, 0.25) is 0 Å². The van der Waals surface area contributed by atoms with Gasteiger partial charge in [-0.1, -0.05) is 0 Å². The minimum absolute atomic E-state index is 0.0791. The third-order valence-corrected chi connectivity index (χ3v) is 1.79. The number of aliphatic hydroxyl groups is 2. The third kappa shape index (κ3) is 6.82. The van der Waals surface area contributed by atoms with Crippen molar-refractivity contribution < 1.29 is 15.0 Å². The standard InChI is InChI=1S/C9H20N2O3/c1-9(14,7-12)6-10-8(13)4-5-11(2)3/h12,14H,4-7H2,1-3H3,(H,10,13). The molecule has 0 spiro atoms. The second-order valence-electron chi connectivity index (χ2n) is 3.99. The van der Waals surface area contributed by atoms with Gasteiger partial charge < -0.3 is 20.4 Å². The van der Waals surface area contributed by atoms with Crippen molar-refractivity contribution in [1.29, 1.82) is 0 Å². The van der Waals surface area contributed by atoms with Gasteiger partial charge in [0.15, 0.2) is 0 Å². The maximum absolute atomic E-state index is 11.2. The largest absolute Gasteiger partial charge is 0.393 e. The summed E-state index contributed by atoms with van der Waals surface area (Å²) in [7, 11) is 3.77. The van der Waals surface area contributed by atoms with Crippen LogP contribution < -0.4 is 5.32 Å². The van der Waals surface area contributed by atoms with Crippen molar-refractivity contribution in [3.8, 4) is 0 Å². The molecule has 5 heteroatoms. The molecule has 1 amide bonds. The second kappa shape index (κ2) is 5.95. The van der Waals surface area contributed by atoms with Crippen LogP contribution in [-0.4, -0.2) is 60.4 Å². The fourth-order valence-corrected chi connectivity index (χ4v) is 0.758. The predicted molar refractivity (Wildman–Crippen MR) is 53.9 cm³/mol. The van der Waals surface area contributed by atoms with Gasteiger partial charge in [0, 0.05) is 19.5 Å². The topological polar surface area (TPSA) is 72.8 Å². The molecule has 0 rings (SSSR count). The van der Waals surface area contributed by atoms with Crippen LogP contribution in [0.3, 0.4) is 0 Å². The number of hydrogen-bond donors (Lipinski definition) is 3. The number of hydrogen-bond acceptors (Lipinski definition) is 4. The van der Waals surface area contributed by atoms with Crippen LogP contribution in [0, 0.1) is 0 Å². The molecule has 0 saturated carbocycles. The lowest BCUT2D eigenvalue weighted by Gasteiger charge is -2.20. The molecular formula is C9H20N2O3. The fourth-order valence-electron chi connectivity index (χ4n) is 0.758. The lowest BCUT2D eigenvalue weighted by molar-refractivity contribution is -0.122. The van der Waals surface area contributed by atoms with Crippen LogP contribution in [0.25, 0.3) is 0 Å². The first-order valence-corrected chi connectivity index (χ1v) is 4.62. The first kappa shape index (κ1) is 13.4. The molecule has 0 aromatic carbocycles. The molecule has 1 atom stereocenters. The Bertz CT molecular complexity index is 181. The van der Waals surface area contributed by atoms with Crippen molar-refractivity contribution >= 4 is 5.91 Å². The number of nitrogens with zero attached hydrogens (tertiary/aromatic N) is 1. The highest BCUT2D eigenvalue weighted by Gasteiger charge is 2.19. The summed E-state index contributed by atoms with van der Waals surface area (Å²) in [4.78, 5) is 13.1. The van der Waals surface area contributed by atoms with E-state index in [0.29, 0.717) is 13.0 Å². The molecule has 1 unspecified atom stereocenters. The van der Waals surface area contributed by atoms with E-state index in [1.165, 1.54) is 6.92 Å². The molecular weight excluding hydrogens is 184 g/mol. The van der Waals surface area contributed by atoms with E-state index in [1.54, 1.807) is 0 Å². The van der Waals surface area contributed by atoms with Crippen molar-refractivity contribution in [3.63, 3.8) is 0 Å². The molecule has 0 saturated heterocycles.